The number of amides is 2. The lowest BCUT2D eigenvalue weighted by Crippen LogP contribution is -2.27. The number of benzene rings is 2. The Kier molecular flexibility index (Phi) is 7.48. The van der Waals surface area contributed by atoms with Gasteiger partial charge in [0.2, 0.25) is 0 Å². The van der Waals surface area contributed by atoms with E-state index in [0.717, 1.165) is 16.7 Å². The van der Waals surface area contributed by atoms with Crippen molar-refractivity contribution in [3.63, 3.8) is 0 Å². The van der Waals surface area contributed by atoms with Crippen LogP contribution in [0.2, 0.25) is 10.0 Å². The number of thioether (sulfide) groups is 1. The number of halogens is 2. The van der Waals surface area contributed by atoms with Crippen LogP contribution in [0, 0.1) is 0 Å². The molecular weight excluding hydrogens is 465 g/mol. The van der Waals surface area contributed by atoms with Crippen LogP contribution in [0.4, 0.5) is 4.79 Å². The molecule has 0 radical (unpaired) electrons. The molecule has 1 fully saturated rings. The van der Waals surface area contributed by atoms with Crippen molar-refractivity contribution in [2.24, 2.45) is 0 Å². The summed E-state index contributed by atoms with van der Waals surface area (Å²) in [5.74, 6) is -1.11. The minimum Gasteiger partial charge on any atom is -0.490 e. The van der Waals surface area contributed by atoms with Crippen molar-refractivity contribution in [2.75, 3.05) is 13.2 Å². The minimum atomic E-state index is -1.15. The third-order valence-electron chi connectivity index (χ3n) is 4.13. The zero-order chi connectivity index (χ0) is 22.5. The molecule has 0 atom stereocenters. The summed E-state index contributed by atoms with van der Waals surface area (Å²) in [5.41, 5.74) is 1.08. The fourth-order valence-corrected chi connectivity index (χ4v) is 3.95. The van der Waals surface area contributed by atoms with E-state index in [4.69, 9.17) is 37.8 Å². The van der Waals surface area contributed by atoms with Crippen LogP contribution in [0.5, 0.6) is 11.5 Å². The van der Waals surface area contributed by atoms with E-state index >= 15 is 0 Å². The van der Waals surface area contributed by atoms with Crippen molar-refractivity contribution in [3.8, 4) is 11.5 Å². The summed E-state index contributed by atoms with van der Waals surface area (Å²) in [6, 6.07) is 9.84. The first kappa shape index (κ1) is 23.0. The first-order valence-corrected chi connectivity index (χ1v) is 10.7. The van der Waals surface area contributed by atoms with Gasteiger partial charge in [0.05, 0.1) is 28.1 Å². The molecule has 0 bridgehead atoms. The van der Waals surface area contributed by atoms with Gasteiger partial charge in [0.15, 0.2) is 18.1 Å². The van der Waals surface area contributed by atoms with E-state index in [1.165, 1.54) is 6.08 Å². The number of carboxylic acids is 1. The first-order chi connectivity index (χ1) is 14.8. The van der Waals surface area contributed by atoms with E-state index in [2.05, 4.69) is 0 Å². The lowest BCUT2D eigenvalue weighted by atomic mass is 10.1. The van der Waals surface area contributed by atoms with Crippen LogP contribution in [0.1, 0.15) is 18.1 Å². The lowest BCUT2D eigenvalue weighted by Gasteiger charge is -2.14. The zero-order valence-electron chi connectivity index (χ0n) is 16.3. The predicted molar refractivity (Wildman–Crippen MR) is 119 cm³/mol. The van der Waals surface area contributed by atoms with E-state index in [9.17, 15) is 14.4 Å². The van der Waals surface area contributed by atoms with Gasteiger partial charge in [-0.1, -0.05) is 41.4 Å². The fraction of sp³-hybridized carbons (Fsp3) is 0.190. The van der Waals surface area contributed by atoms with Crippen LogP contribution < -0.4 is 9.47 Å². The normalized spacial score (nSPS) is 14.9. The van der Waals surface area contributed by atoms with Crippen LogP contribution in [-0.4, -0.2) is 40.3 Å². The Hall–Kier alpha value is -2.68. The maximum atomic E-state index is 12.9. The van der Waals surface area contributed by atoms with Crippen LogP contribution in [0.15, 0.2) is 41.3 Å². The molecule has 2 aromatic rings. The molecule has 0 spiro atoms. The van der Waals surface area contributed by atoms with Crippen LogP contribution in [0.25, 0.3) is 6.08 Å². The summed E-state index contributed by atoms with van der Waals surface area (Å²) in [6.45, 7) is 1.58. The van der Waals surface area contributed by atoms with Crippen molar-refractivity contribution < 1.29 is 29.0 Å². The highest BCUT2D eigenvalue weighted by Crippen LogP contribution is 2.38. The predicted octanol–water partition coefficient (Wildman–Crippen LogP) is 5.09. The number of ether oxygens (including phenoxy) is 2. The second-order valence-electron chi connectivity index (χ2n) is 6.31. The van der Waals surface area contributed by atoms with Gasteiger partial charge in [-0.15, -0.1) is 0 Å². The standard InChI is InChI=1S/C21H17Cl2NO6S/c1-2-29-16-5-3-4-13(19(16)30-11-18(25)26)9-17-20(27)24(21(28)31-17)10-12-6-7-14(22)15(23)8-12/h3-9H,2,10-11H2,1H3,(H,25,26)/b17-9-. The quantitative estimate of drug-likeness (QED) is 0.524. The van der Waals surface area contributed by atoms with E-state index in [1.54, 1.807) is 43.3 Å². The van der Waals surface area contributed by atoms with Gasteiger partial charge >= 0.3 is 5.97 Å². The van der Waals surface area contributed by atoms with Crippen LogP contribution in [-0.2, 0) is 16.1 Å². The monoisotopic (exact) mass is 481 g/mol. The van der Waals surface area contributed by atoms with Gasteiger partial charge in [0, 0.05) is 5.56 Å². The molecule has 2 aromatic carbocycles. The van der Waals surface area contributed by atoms with Gasteiger partial charge < -0.3 is 14.6 Å². The second kappa shape index (κ2) is 10.1. The smallest absolute Gasteiger partial charge is 0.341 e. The van der Waals surface area contributed by atoms with Crippen molar-refractivity contribution in [3.05, 3.63) is 62.5 Å². The number of carbonyl (C=O) groups excluding carboxylic acids is 2. The average molecular weight is 482 g/mol. The fourth-order valence-electron chi connectivity index (χ4n) is 2.80. The Morgan fingerprint density at radius 1 is 1.16 bits per heavy atom. The zero-order valence-corrected chi connectivity index (χ0v) is 18.6. The Balaban J connectivity index is 1.89. The van der Waals surface area contributed by atoms with Crippen molar-refractivity contribution in [1.82, 2.24) is 4.90 Å². The molecule has 1 heterocycles. The topological polar surface area (TPSA) is 93.1 Å². The maximum absolute atomic E-state index is 12.9. The molecule has 0 saturated carbocycles. The first-order valence-electron chi connectivity index (χ1n) is 9.09. The molecule has 2 amide bonds. The molecule has 0 aromatic heterocycles. The van der Waals surface area contributed by atoms with E-state index < -0.39 is 23.7 Å². The Morgan fingerprint density at radius 3 is 2.61 bits per heavy atom. The highest BCUT2D eigenvalue weighted by molar-refractivity contribution is 8.18. The molecule has 0 unspecified atom stereocenters. The Labute approximate surface area is 192 Å². The van der Waals surface area contributed by atoms with Crippen molar-refractivity contribution in [2.45, 2.75) is 13.5 Å². The summed E-state index contributed by atoms with van der Waals surface area (Å²) in [5, 5.41) is 9.22. The van der Waals surface area contributed by atoms with Gasteiger partial charge in [0.1, 0.15) is 0 Å². The molecule has 1 aliphatic heterocycles. The van der Waals surface area contributed by atoms with Crippen molar-refractivity contribution >= 4 is 58.2 Å². The molecule has 1 aliphatic rings. The van der Waals surface area contributed by atoms with Gasteiger partial charge in [-0.2, -0.15) is 0 Å². The van der Waals surface area contributed by atoms with Gasteiger partial charge in [-0.25, -0.2) is 4.79 Å². The van der Waals surface area contributed by atoms with Crippen molar-refractivity contribution in [1.29, 1.82) is 0 Å². The minimum absolute atomic E-state index is 0.0419. The number of imide groups is 1. The average Bonchev–Trinajstić information content (AvgIpc) is 2.97. The molecule has 1 N–H and O–H groups in total. The SMILES string of the molecule is CCOc1cccc(/C=C2\SC(=O)N(Cc3ccc(Cl)c(Cl)c3)C2=O)c1OCC(=O)O. The summed E-state index contributed by atoms with van der Waals surface area (Å²) >= 11 is 12.7. The number of aliphatic carboxylic acids is 1. The lowest BCUT2D eigenvalue weighted by molar-refractivity contribution is -0.139. The van der Waals surface area contributed by atoms with E-state index in [-0.39, 0.29) is 17.2 Å². The van der Waals surface area contributed by atoms with E-state index in [0.29, 0.717) is 33.5 Å². The maximum Gasteiger partial charge on any atom is 0.341 e. The van der Waals surface area contributed by atoms with Gasteiger partial charge in [-0.05, 0) is 48.5 Å². The molecule has 31 heavy (non-hydrogen) atoms. The largest absolute Gasteiger partial charge is 0.490 e. The highest BCUT2D eigenvalue weighted by atomic mass is 35.5. The van der Waals surface area contributed by atoms with Crippen LogP contribution >= 0.6 is 35.0 Å². The molecule has 10 heteroatoms. The number of nitrogens with zero attached hydrogens (tertiary/aromatic N) is 1. The van der Waals surface area contributed by atoms with Crippen LogP contribution in [0.3, 0.4) is 0 Å². The molecule has 7 nitrogen and oxygen atoms in total. The third kappa shape index (κ3) is 5.52. The highest BCUT2D eigenvalue weighted by Gasteiger charge is 2.35. The third-order valence-corrected chi connectivity index (χ3v) is 5.78. The number of rotatable bonds is 8. The van der Waals surface area contributed by atoms with E-state index in [1.807, 2.05) is 0 Å². The number of hydrogen-bond acceptors (Lipinski definition) is 6. The number of carboxylic acid groups (broad SMARTS) is 1. The number of para-hydroxylation sites is 1. The number of hydrogen-bond donors (Lipinski definition) is 1. The summed E-state index contributed by atoms with van der Waals surface area (Å²) in [6.07, 6.45) is 1.49. The summed E-state index contributed by atoms with van der Waals surface area (Å²) in [4.78, 5) is 37.5. The Morgan fingerprint density at radius 2 is 1.94 bits per heavy atom. The molecule has 162 valence electrons. The van der Waals surface area contributed by atoms with Gasteiger partial charge in [-0.3, -0.25) is 14.5 Å². The summed E-state index contributed by atoms with van der Waals surface area (Å²) in [7, 11) is 0. The molecule has 0 aliphatic carbocycles. The molecular formula is C21H17Cl2NO6S. The second-order valence-corrected chi connectivity index (χ2v) is 8.11. The summed E-state index contributed by atoms with van der Waals surface area (Å²) < 4.78 is 10.9. The Bertz CT molecular complexity index is 1070. The molecule has 3 rings (SSSR count). The molecule has 1 saturated heterocycles. The number of carbonyl (C=O) groups is 3. The van der Waals surface area contributed by atoms with Gasteiger partial charge in [0.25, 0.3) is 11.1 Å².